The number of ether oxygens (including phenoxy) is 1. The maximum atomic E-state index is 12.2. The van der Waals surface area contributed by atoms with Gasteiger partial charge in [-0.05, 0) is 30.7 Å². The fraction of sp³-hybridized carbons (Fsp3) is 0.692. The molecular formula is C13H21NO4S2. The molecule has 0 spiro atoms. The van der Waals surface area contributed by atoms with Crippen molar-refractivity contribution in [3.63, 3.8) is 0 Å². The lowest BCUT2D eigenvalue weighted by Crippen LogP contribution is -2.29. The van der Waals surface area contributed by atoms with E-state index in [-0.39, 0.29) is 24.2 Å². The van der Waals surface area contributed by atoms with Crippen LogP contribution in [-0.2, 0) is 21.4 Å². The van der Waals surface area contributed by atoms with Gasteiger partial charge < -0.3 is 9.84 Å². The van der Waals surface area contributed by atoms with E-state index < -0.39 is 10.0 Å². The third-order valence-corrected chi connectivity index (χ3v) is 6.36. The van der Waals surface area contributed by atoms with E-state index in [9.17, 15) is 13.5 Å². The number of sulfonamides is 1. The van der Waals surface area contributed by atoms with Gasteiger partial charge in [0.2, 0.25) is 10.0 Å². The minimum atomic E-state index is -3.57. The molecule has 2 rings (SSSR count). The van der Waals surface area contributed by atoms with E-state index >= 15 is 0 Å². The molecule has 0 atom stereocenters. The lowest BCUT2D eigenvalue weighted by Gasteiger charge is -2.12. The Morgan fingerprint density at radius 2 is 2.15 bits per heavy atom. The van der Waals surface area contributed by atoms with Crippen molar-refractivity contribution in [3.05, 3.63) is 15.8 Å². The van der Waals surface area contributed by atoms with Gasteiger partial charge in [-0.25, -0.2) is 13.1 Å². The average Bonchev–Trinajstić information content (AvgIpc) is 3.03. The summed E-state index contributed by atoms with van der Waals surface area (Å²) in [6.45, 7) is 2.13. The number of aliphatic hydroxyl groups excluding tert-OH is 1. The maximum absolute atomic E-state index is 12.2. The fourth-order valence-electron chi connectivity index (χ4n) is 2.49. The second-order valence-corrected chi connectivity index (χ2v) is 7.67. The van der Waals surface area contributed by atoms with Gasteiger partial charge in [-0.15, -0.1) is 11.3 Å². The Bertz CT molecular complexity index is 533. The number of aliphatic hydroxyl groups is 1. The monoisotopic (exact) mass is 319 g/mol. The number of hydrogen-bond donors (Lipinski definition) is 2. The van der Waals surface area contributed by atoms with Gasteiger partial charge in [0.1, 0.15) is 4.90 Å². The Morgan fingerprint density at radius 1 is 1.45 bits per heavy atom. The van der Waals surface area contributed by atoms with Crippen LogP contribution >= 0.6 is 11.3 Å². The standard InChI is InChI=1S/C13H21NO4S2/c1-10-9-19-12(8-15)13(10)20(16,17)14-6-7-18-11-4-2-3-5-11/h9,11,14-15H,2-8H2,1H3. The molecule has 1 saturated carbocycles. The van der Waals surface area contributed by atoms with Crippen molar-refractivity contribution in [2.45, 2.75) is 50.2 Å². The van der Waals surface area contributed by atoms with Crippen LogP contribution in [0.5, 0.6) is 0 Å². The van der Waals surface area contributed by atoms with Gasteiger partial charge in [0.25, 0.3) is 0 Å². The van der Waals surface area contributed by atoms with Gasteiger partial charge in [0, 0.05) is 6.54 Å². The smallest absolute Gasteiger partial charge is 0.242 e. The van der Waals surface area contributed by atoms with Crippen LogP contribution in [-0.4, -0.2) is 32.8 Å². The molecule has 1 aromatic rings. The van der Waals surface area contributed by atoms with Crippen LogP contribution in [0.1, 0.15) is 36.1 Å². The molecular weight excluding hydrogens is 298 g/mol. The highest BCUT2D eigenvalue weighted by atomic mass is 32.2. The third-order valence-electron chi connectivity index (χ3n) is 3.45. The molecule has 5 nitrogen and oxygen atoms in total. The summed E-state index contributed by atoms with van der Waals surface area (Å²) in [6, 6.07) is 0. The van der Waals surface area contributed by atoms with Crippen LogP contribution in [0.25, 0.3) is 0 Å². The molecule has 0 aromatic carbocycles. The Hall–Kier alpha value is -0.470. The Balaban J connectivity index is 1.88. The van der Waals surface area contributed by atoms with E-state index in [0.29, 0.717) is 17.0 Å². The van der Waals surface area contributed by atoms with Crippen molar-refractivity contribution in [2.75, 3.05) is 13.2 Å². The second-order valence-electron chi connectivity index (χ2n) is 5.00. The predicted octanol–water partition coefficient (Wildman–Crippen LogP) is 1.79. The first-order valence-corrected chi connectivity index (χ1v) is 9.20. The number of hydrogen-bond acceptors (Lipinski definition) is 5. The zero-order valence-corrected chi connectivity index (χ0v) is 13.2. The molecule has 1 aromatic heterocycles. The first kappa shape index (κ1) is 15.9. The molecule has 0 radical (unpaired) electrons. The summed E-state index contributed by atoms with van der Waals surface area (Å²) in [5, 5.41) is 10.9. The van der Waals surface area contributed by atoms with E-state index in [1.165, 1.54) is 24.2 Å². The predicted molar refractivity (Wildman–Crippen MR) is 78.4 cm³/mol. The average molecular weight is 319 g/mol. The largest absolute Gasteiger partial charge is 0.391 e. The summed E-state index contributed by atoms with van der Waals surface area (Å²) < 4.78 is 32.6. The van der Waals surface area contributed by atoms with Crippen molar-refractivity contribution in [3.8, 4) is 0 Å². The van der Waals surface area contributed by atoms with Crippen molar-refractivity contribution in [1.29, 1.82) is 0 Å². The Kier molecular flexibility index (Phi) is 5.57. The Labute approximate surface area is 124 Å². The SMILES string of the molecule is Cc1csc(CO)c1S(=O)(=O)NCCOC1CCCC1. The molecule has 1 fully saturated rings. The molecule has 2 N–H and O–H groups in total. The first-order chi connectivity index (χ1) is 9.54. The summed E-state index contributed by atoms with van der Waals surface area (Å²) in [5.41, 5.74) is 0.670. The van der Waals surface area contributed by atoms with Crippen LogP contribution < -0.4 is 4.72 Å². The van der Waals surface area contributed by atoms with Crippen LogP contribution in [0, 0.1) is 6.92 Å². The van der Waals surface area contributed by atoms with Crippen molar-refractivity contribution < 1.29 is 18.3 Å². The zero-order chi connectivity index (χ0) is 14.6. The van der Waals surface area contributed by atoms with Gasteiger partial charge in [0.15, 0.2) is 0 Å². The van der Waals surface area contributed by atoms with Gasteiger partial charge in [-0.3, -0.25) is 0 Å². The quantitative estimate of drug-likeness (QED) is 0.751. The molecule has 0 aliphatic heterocycles. The molecule has 0 bridgehead atoms. The molecule has 0 unspecified atom stereocenters. The summed E-state index contributed by atoms with van der Waals surface area (Å²) in [6.07, 6.45) is 4.83. The van der Waals surface area contributed by atoms with Gasteiger partial charge in [0.05, 0.1) is 24.2 Å². The number of thiophene rings is 1. The van der Waals surface area contributed by atoms with Gasteiger partial charge in [-0.2, -0.15) is 0 Å². The van der Waals surface area contributed by atoms with E-state index in [0.717, 1.165) is 12.8 Å². The van der Waals surface area contributed by atoms with Gasteiger partial charge in [-0.1, -0.05) is 12.8 Å². The normalized spacial score (nSPS) is 16.9. The molecule has 20 heavy (non-hydrogen) atoms. The van der Waals surface area contributed by atoms with E-state index in [2.05, 4.69) is 4.72 Å². The second kappa shape index (κ2) is 7.00. The molecule has 1 aliphatic carbocycles. The molecule has 1 aliphatic rings. The highest BCUT2D eigenvalue weighted by molar-refractivity contribution is 7.89. The van der Waals surface area contributed by atoms with Crippen LogP contribution in [0.15, 0.2) is 10.3 Å². The maximum Gasteiger partial charge on any atom is 0.242 e. The summed E-state index contributed by atoms with van der Waals surface area (Å²) in [7, 11) is -3.57. The molecule has 7 heteroatoms. The number of aryl methyl sites for hydroxylation is 1. The summed E-state index contributed by atoms with van der Waals surface area (Å²) in [4.78, 5) is 0.692. The third kappa shape index (κ3) is 3.79. The fourth-order valence-corrected chi connectivity index (χ4v) is 5.16. The van der Waals surface area contributed by atoms with Crippen LogP contribution in [0.2, 0.25) is 0 Å². The molecule has 0 amide bonds. The minimum absolute atomic E-state index is 0.214. The lowest BCUT2D eigenvalue weighted by atomic mass is 10.3. The van der Waals surface area contributed by atoms with E-state index in [1.54, 1.807) is 12.3 Å². The number of rotatable bonds is 7. The van der Waals surface area contributed by atoms with Crippen molar-refractivity contribution in [2.24, 2.45) is 0 Å². The van der Waals surface area contributed by atoms with Crippen molar-refractivity contribution >= 4 is 21.4 Å². The highest BCUT2D eigenvalue weighted by Crippen LogP contribution is 2.26. The number of nitrogens with one attached hydrogen (secondary N) is 1. The minimum Gasteiger partial charge on any atom is -0.391 e. The molecule has 1 heterocycles. The lowest BCUT2D eigenvalue weighted by molar-refractivity contribution is 0.0626. The zero-order valence-electron chi connectivity index (χ0n) is 11.6. The highest BCUT2D eigenvalue weighted by Gasteiger charge is 2.22. The molecule has 0 saturated heterocycles. The molecule has 114 valence electrons. The topological polar surface area (TPSA) is 75.6 Å². The Morgan fingerprint density at radius 3 is 2.80 bits per heavy atom. The van der Waals surface area contributed by atoms with E-state index in [4.69, 9.17) is 4.74 Å². The first-order valence-electron chi connectivity index (χ1n) is 6.83. The summed E-state index contributed by atoms with van der Waals surface area (Å²) in [5.74, 6) is 0. The van der Waals surface area contributed by atoms with E-state index in [1.807, 2.05) is 0 Å². The van der Waals surface area contributed by atoms with Crippen molar-refractivity contribution in [1.82, 2.24) is 4.72 Å². The summed E-state index contributed by atoms with van der Waals surface area (Å²) >= 11 is 1.26. The van der Waals surface area contributed by atoms with Crippen LogP contribution in [0.3, 0.4) is 0 Å². The van der Waals surface area contributed by atoms with Gasteiger partial charge >= 0.3 is 0 Å². The van der Waals surface area contributed by atoms with Crippen LogP contribution in [0.4, 0.5) is 0 Å².